The molecule has 2 fully saturated rings. The zero-order valence-corrected chi connectivity index (χ0v) is 10.1. The van der Waals surface area contributed by atoms with Gasteiger partial charge in [0.25, 0.3) is 0 Å². The number of aliphatic hydroxyl groups is 1. The minimum Gasteiger partial charge on any atom is -0.393 e. The zero-order valence-electron chi connectivity index (χ0n) is 10.1. The SMILES string of the molecule is CC1CCCC1C(=O)NC1CCC(O)CC1. The second-order valence-corrected chi connectivity index (χ2v) is 5.53. The van der Waals surface area contributed by atoms with Gasteiger partial charge in [0.05, 0.1) is 6.10 Å². The van der Waals surface area contributed by atoms with Gasteiger partial charge in [-0.15, -0.1) is 0 Å². The largest absolute Gasteiger partial charge is 0.393 e. The van der Waals surface area contributed by atoms with E-state index >= 15 is 0 Å². The molecule has 3 nitrogen and oxygen atoms in total. The summed E-state index contributed by atoms with van der Waals surface area (Å²) in [5, 5.41) is 12.6. The van der Waals surface area contributed by atoms with Crippen molar-refractivity contribution in [1.29, 1.82) is 0 Å². The lowest BCUT2D eigenvalue weighted by molar-refractivity contribution is -0.127. The molecule has 2 saturated carbocycles. The van der Waals surface area contributed by atoms with Gasteiger partial charge in [0.15, 0.2) is 0 Å². The fourth-order valence-electron chi connectivity index (χ4n) is 3.06. The van der Waals surface area contributed by atoms with Gasteiger partial charge in [-0.1, -0.05) is 13.3 Å². The van der Waals surface area contributed by atoms with E-state index in [0.717, 1.165) is 32.1 Å². The van der Waals surface area contributed by atoms with E-state index in [1.165, 1.54) is 12.8 Å². The first kappa shape index (κ1) is 11.9. The number of hydrogen-bond donors (Lipinski definition) is 2. The van der Waals surface area contributed by atoms with Crippen molar-refractivity contribution in [3.05, 3.63) is 0 Å². The molecule has 2 N–H and O–H groups in total. The monoisotopic (exact) mass is 225 g/mol. The van der Waals surface area contributed by atoms with Crippen LogP contribution in [0.4, 0.5) is 0 Å². The average molecular weight is 225 g/mol. The van der Waals surface area contributed by atoms with E-state index in [9.17, 15) is 9.90 Å². The minimum atomic E-state index is -0.140. The first-order valence-corrected chi connectivity index (χ1v) is 6.65. The molecule has 2 aliphatic rings. The Morgan fingerprint density at radius 2 is 1.81 bits per heavy atom. The molecule has 0 radical (unpaired) electrons. The van der Waals surface area contributed by atoms with Crippen LogP contribution in [-0.2, 0) is 4.79 Å². The van der Waals surface area contributed by atoms with Crippen LogP contribution in [0.5, 0.6) is 0 Å². The van der Waals surface area contributed by atoms with E-state index in [1.54, 1.807) is 0 Å². The second-order valence-electron chi connectivity index (χ2n) is 5.53. The highest BCUT2D eigenvalue weighted by atomic mass is 16.3. The molecule has 16 heavy (non-hydrogen) atoms. The highest BCUT2D eigenvalue weighted by Crippen LogP contribution is 2.31. The van der Waals surface area contributed by atoms with Gasteiger partial charge >= 0.3 is 0 Å². The Morgan fingerprint density at radius 1 is 1.12 bits per heavy atom. The summed E-state index contributed by atoms with van der Waals surface area (Å²) in [6.07, 6.45) is 6.86. The fraction of sp³-hybridized carbons (Fsp3) is 0.923. The molecule has 1 amide bonds. The average Bonchev–Trinajstić information content (AvgIpc) is 2.68. The summed E-state index contributed by atoms with van der Waals surface area (Å²) in [4.78, 5) is 12.0. The summed E-state index contributed by atoms with van der Waals surface area (Å²) in [5.41, 5.74) is 0. The van der Waals surface area contributed by atoms with Crippen molar-refractivity contribution < 1.29 is 9.90 Å². The van der Waals surface area contributed by atoms with Crippen molar-refractivity contribution >= 4 is 5.91 Å². The Kier molecular flexibility index (Phi) is 3.85. The number of rotatable bonds is 2. The summed E-state index contributed by atoms with van der Waals surface area (Å²) in [7, 11) is 0. The molecular formula is C13H23NO2. The number of aliphatic hydroxyl groups excluding tert-OH is 1. The predicted octanol–water partition coefficient (Wildman–Crippen LogP) is 1.84. The summed E-state index contributed by atoms with van der Waals surface area (Å²) >= 11 is 0. The molecule has 2 rings (SSSR count). The molecule has 2 aliphatic carbocycles. The molecule has 0 aromatic rings. The van der Waals surface area contributed by atoms with Crippen LogP contribution in [0.2, 0.25) is 0 Å². The maximum Gasteiger partial charge on any atom is 0.223 e. The van der Waals surface area contributed by atoms with Gasteiger partial charge < -0.3 is 10.4 Å². The van der Waals surface area contributed by atoms with Crippen molar-refractivity contribution in [1.82, 2.24) is 5.32 Å². The maximum atomic E-state index is 12.0. The molecule has 2 atom stereocenters. The maximum absolute atomic E-state index is 12.0. The Morgan fingerprint density at radius 3 is 2.38 bits per heavy atom. The van der Waals surface area contributed by atoms with E-state index in [-0.39, 0.29) is 17.9 Å². The second kappa shape index (κ2) is 5.17. The lowest BCUT2D eigenvalue weighted by Gasteiger charge is -2.28. The quantitative estimate of drug-likeness (QED) is 0.753. The molecule has 0 aromatic heterocycles. The minimum absolute atomic E-state index is 0.140. The molecule has 92 valence electrons. The normalized spacial score (nSPS) is 39.6. The van der Waals surface area contributed by atoms with E-state index < -0.39 is 0 Å². The number of hydrogen-bond acceptors (Lipinski definition) is 2. The molecule has 0 saturated heterocycles. The van der Waals surface area contributed by atoms with Crippen LogP contribution in [0.25, 0.3) is 0 Å². The smallest absolute Gasteiger partial charge is 0.223 e. The first-order valence-electron chi connectivity index (χ1n) is 6.65. The molecular weight excluding hydrogens is 202 g/mol. The summed E-state index contributed by atoms with van der Waals surface area (Å²) in [6.45, 7) is 2.18. The van der Waals surface area contributed by atoms with Crippen LogP contribution in [0.3, 0.4) is 0 Å². The van der Waals surface area contributed by atoms with Gasteiger partial charge in [-0.3, -0.25) is 4.79 Å². The third kappa shape index (κ3) is 2.76. The molecule has 0 aromatic carbocycles. The number of nitrogens with one attached hydrogen (secondary N) is 1. The Labute approximate surface area is 97.6 Å². The van der Waals surface area contributed by atoms with Gasteiger partial charge in [-0.05, 0) is 44.4 Å². The summed E-state index contributed by atoms with van der Waals surface area (Å²) < 4.78 is 0. The van der Waals surface area contributed by atoms with Gasteiger partial charge in [-0.2, -0.15) is 0 Å². The highest BCUT2D eigenvalue weighted by molar-refractivity contribution is 5.79. The van der Waals surface area contributed by atoms with E-state index in [1.807, 2.05) is 0 Å². The van der Waals surface area contributed by atoms with Crippen molar-refractivity contribution in [2.45, 2.75) is 64.0 Å². The van der Waals surface area contributed by atoms with Crippen LogP contribution in [0.15, 0.2) is 0 Å². The van der Waals surface area contributed by atoms with Crippen molar-refractivity contribution in [2.75, 3.05) is 0 Å². The Bertz CT molecular complexity index is 246. The lowest BCUT2D eigenvalue weighted by atomic mass is 9.91. The van der Waals surface area contributed by atoms with Gasteiger partial charge in [0.2, 0.25) is 5.91 Å². The van der Waals surface area contributed by atoms with Crippen LogP contribution in [-0.4, -0.2) is 23.2 Å². The van der Waals surface area contributed by atoms with E-state index in [4.69, 9.17) is 0 Å². The predicted molar refractivity (Wildman–Crippen MR) is 62.9 cm³/mol. The third-order valence-corrected chi connectivity index (χ3v) is 4.24. The van der Waals surface area contributed by atoms with Gasteiger partial charge in [-0.25, -0.2) is 0 Å². The van der Waals surface area contributed by atoms with Crippen LogP contribution >= 0.6 is 0 Å². The molecule has 2 unspecified atom stereocenters. The fourth-order valence-corrected chi connectivity index (χ4v) is 3.06. The highest BCUT2D eigenvalue weighted by Gasteiger charge is 2.31. The Balaban J connectivity index is 1.78. The molecule has 0 spiro atoms. The first-order chi connectivity index (χ1) is 7.66. The Hall–Kier alpha value is -0.570. The molecule has 0 heterocycles. The zero-order chi connectivity index (χ0) is 11.5. The topological polar surface area (TPSA) is 49.3 Å². The lowest BCUT2D eigenvalue weighted by Crippen LogP contribution is -2.42. The van der Waals surface area contributed by atoms with Crippen LogP contribution < -0.4 is 5.32 Å². The standard InChI is InChI=1S/C13H23NO2/c1-9-3-2-4-12(9)13(16)14-10-5-7-11(15)8-6-10/h9-12,15H,2-8H2,1H3,(H,14,16). The molecule has 0 aliphatic heterocycles. The molecule has 3 heteroatoms. The summed E-state index contributed by atoms with van der Waals surface area (Å²) in [6, 6.07) is 0.309. The van der Waals surface area contributed by atoms with Crippen molar-refractivity contribution in [3.8, 4) is 0 Å². The van der Waals surface area contributed by atoms with E-state index in [2.05, 4.69) is 12.2 Å². The van der Waals surface area contributed by atoms with Gasteiger partial charge in [0, 0.05) is 12.0 Å². The van der Waals surface area contributed by atoms with Gasteiger partial charge in [0.1, 0.15) is 0 Å². The summed E-state index contributed by atoms with van der Waals surface area (Å²) in [5.74, 6) is 1.05. The number of carbonyl (C=O) groups is 1. The van der Waals surface area contributed by atoms with Crippen molar-refractivity contribution in [3.63, 3.8) is 0 Å². The number of amides is 1. The van der Waals surface area contributed by atoms with Crippen molar-refractivity contribution in [2.24, 2.45) is 11.8 Å². The van der Waals surface area contributed by atoms with E-state index in [0.29, 0.717) is 12.0 Å². The molecule has 0 bridgehead atoms. The van der Waals surface area contributed by atoms with Crippen LogP contribution in [0.1, 0.15) is 51.9 Å². The number of carbonyl (C=O) groups excluding carboxylic acids is 1. The van der Waals surface area contributed by atoms with Crippen LogP contribution in [0, 0.1) is 11.8 Å². The third-order valence-electron chi connectivity index (χ3n) is 4.24.